The van der Waals surface area contributed by atoms with Gasteiger partial charge < -0.3 is 4.90 Å². The maximum Gasteiger partial charge on any atom is 0.226 e. The molecule has 0 bridgehead atoms. The number of benzene rings is 1. The molecule has 0 spiro atoms. The highest BCUT2D eigenvalue weighted by molar-refractivity contribution is 7.92. The fourth-order valence-electron chi connectivity index (χ4n) is 4.82. The van der Waals surface area contributed by atoms with Gasteiger partial charge in [0.05, 0.1) is 16.9 Å². The normalized spacial score (nSPS) is 19.2. The third-order valence-electron chi connectivity index (χ3n) is 7.14. The van der Waals surface area contributed by atoms with E-state index in [-0.39, 0.29) is 23.5 Å². The van der Waals surface area contributed by atoms with Crippen molar-refractivity contribution in [3.05, 3.63) is 35.4 Å². The molecule has 1 heterocycles. The van der Waals surface area contributed by atoms with Crippen molar-refractivity contribution in [1.82, 2.24) is 4.90 Å². The average molecular weight is 462 g/mol. The molecule has 0 aromatic heterocycles. The molecule has 0 atom stereocenters. The average Bonchev–Trinajstić information content (AvgIpc) is 2.74. The Hall–Kier alpha value is -1.69. The van der Waals surface area contributed by atoms with Gasteiger partial charge >= 0.3 is 0 Å². The summed E-state index contributed by atoms with van der Waals surface area (Å²) in [5, 5.41) is 0. The van der Waals surface area contributed by atoms with Crippen molar-refractivity contribution < 1.29 is 18.0 Å². The summed E-state index contributed by atoms with van der Waals surface area (Å²) in [5.74, 6) is 0.948. The summed E-state index contributed by atoms with van der Waals surface area (Å²) in [6.07, 6.45) is 7.84. The lowest BCUT2D eigenvalue weighted by Crippen LogP contribution is -2.42. The van der Waals surface area contributed by atoms with E-state index in [1.807, 2.05) is 29.2 Å². The van der Waals surface area contributed by atoms with Crippen molar-refractivity contribution in [3.8, 4) is 0 Å². The van der Waals surface area contributed by atoms with E-state index in [0.29, 0.717) is 31.7 Å². The smallest absolute Gasteiger partial charge is 0.226 e. The zero-order valence-electron chi connectivity index (χ0n) is 19.9. The molecule has 1 aromatic rings. The molecule has 1 saturated heterocycles. The number of piperidine rings is 1. The number of Topliss-reactive ketones (excluding diaryl/α,β-unsaturated/α-hetero) is 1. The number of sulfone groups is 1. The fraction of sp³-hybridized carbons (Fsp3) is 0.692. The molecule has 0 radical (unpaired) electrons. The standard InChI is InChI=1S/C26H39NO4S/c1-26(2,3)32(30,31)19-20-12-14-27(15-13-20)25(29)18-22-9-7-8-21(16-22)17-24(28)23-10-5-4-6-11-23/h7-9,16,20,23H,4-6,10-15,17-19H2,1-3H3. The minimum Gasteiger partial charge on any atom is -0.342 e. The summed E-state index contributed by atoms with van der Waals surface area (Å²) >= 11 is 0. The predicted molar refractivity (Wildman–Crippen MR) is 128 cm³/mol. The first kappa shape index (κ1) is 24.9. The molecule has 2 fully saturated rings. The van der Waals surface area contributed by atoms with Gasteiger partial charge in [-0.1, -0.05) is 43.5 Å². The van der Waals surface area contributed by atoms with Crippen molar-refractivity contribution in [2.24, 2.45) is 11.8 Å². The van der Waals surface area contributed by atoms with Crippen LogP contribution in [-0.4, -0.2) is 48.6 Å². The van der Waals surface area contributed by atoms with Gasteiger partial charge in [-0.2, -0.15) is 0 Å². The Balaban J connectivity index is 1.50. The Morgan fingerprint density at radius 1 is 0.938 bits per heavy atom. The zero-order chi connectivity index (χ0) is 23.4. The molecular formula is C26H39NO4S. The lowest BCUT2D eigenvalue weighted by molar-refractivity contribution is -0.131. The van der Waals surface area contributed by atoms with Crippen LogP contribution in [0, 0.1) is 11.8 Å². The van der Waals surface area contributed by atoms with Crippen LogP contribution in [-0.2, 0) is 32.3 Å². The second-order valence-electron chi connectivity index (χ2n) is 10.7. The third-order valence-corrected chi connectivity index (χ3v) is 9.92. The van der Waals surface area contributed by atoms with Gasteiger partial charge in [0.25, 0.3) is 0 Å². The minimum atomic E-state index is -3.14. The maximum atomic E-state index is 12.8. The Labute approximate surface area is 193 Å². The van der Waals surface area contributed by atoms with Gasteiger partial charge in [-0.05, 0) is 63.5 Å². The molecule has 3 rings (SSSR count). The number of carbonyl (C=O) groups is 2. The van der Waals surface area contributed by atoms with Crippen LogP contribution >= 0.6 is 0 Å². The van der Waals surface area contributed by atoms with Crippen LogP contribution in [0.15, 0.2) is 24.3 Å². The van der Waals surface area contributed by atoms with E-state index in [4.69, 9.17) is 0 Å². The summed E-state index contributed by atoms with van der Waals surface area (Å²) in [6, 6.07) is 7.88. The molecule has 178 valence electrons. The van der Waals surface area contributed by atoms with Gasteiger partial charge in [-0.25, -0.2) is 8.42 Å². The number of hydrogen-bond donors (Lipinski definition) is 0. The van der Waals surface area contributed by atoms with E-state index >= 15 is 0 Å². The van der Waals surface area contributed by atoms with Crippen molar-refractivity contribution in [3.63, 3.8) is 0 Å². The van der Waals surface area contributed by atoms with Crippen LogP contribution in [0.3, 0.4) is 0 Å². The van der Waals surface area contributed by atoms with Gasteiger partial charge in [0, 0.05) is 25.4 Å². The second-order valence-corrected chi connectivity index (χ2v) is 13.5. The summed E-state index contributed by atoms with van der Waals surface area (Å²) in [6.45, 7) is 6.47. The van der Waals surface area contributed by atoms with Gasteiger partial charge in [-0.15, -0.1) is 0 Å². The summed E-state index contributed by atoms with van der Waals surface area (Å²) < 4.78 is 24.2. The second kappa shape index (κ2) is 10.5. The highest BCUT2D eigenvalue weighted by Crippen LogP contribution is 2.27. The Kier molecular flexibility index (Phi) is 8.18. The van der Waals surface area contributed by atoms with E-state index in [1.54, 1.807) is 20.8 Å². The monoisotopic (exact) mass is 461 g/mol. The summed E-state index contributed by atoms with van der Waals surface area (Å²) in [5.41, 5.74) is 1.94. The van der Waals surface area contributed by atoms with Crippen LogP contribution in [0.5, 0.6) is 0 Å². The first-order valence-electron chi connectivity index (χ1n) is 12.2. The zero-order valence-corrected chi connectivity index (χ0v) is 20.8. The van der Waals surface area contributed by atoms with Crippen LogP contribution in [0.4, 0.5) is 0 Å². The molecule has 2 aliphatic rings. The number of ketones is 1. The first-order valence-corrected chi connectivity index (χ1v) is 13.8. The largest absolute Gasteiger partial charge is 0.342 e. The molecule has 6 heteroatoms. The van der Waals surface area contributed by atoms with Gasteiger partial charge in [0.15, 0.2) is 9.84 Å². The number of likely N-dealkylation sites (tertiary alicyclic amines) is 1. The molecular weight excluding hydrogens is 422 g/mol. The number of rotatable bonds is 7. The van der Waals surface area contributed by atoms with E-state index < -0.39 is 14.6 Å². The van der Waals surface area contributed by atoms with E-state index in [0.717, 1.165) is 49.7 Å². The van der Waals surface area contributed by atoms with Crippen molar-refractivity contribution in [1.29, 1.82) is 0 Å². The van der Waals surface area contributed by atoms with Gasteiger partial charge in [0.2, 0.25) is 5.91 Å². The number of hydrogen-bond acceptors (Lipinski definition) is 4. The number of nitrogens with zero attached hydrogens (tertiary/aromatic N) is 1. The Morgan fingerprint density at radius 3 is 2.12 bits per heavy atom. The summed E-state index contributed by atoms with van der Waals surface area (Å²) in [4.78, 5) is 27.3. The third kappa shape index (κ3) is 6.66. The van der Waals surface area contributed by atoms with E-state index in [1.165, 1.54) is 6.42 Å². The lowest BCUT2D eigenvalue weighted by atomic mass is 9.84. The predicted octanol–water partition coefficient (Wildman–Crippen LogP) is 4.37. The molecule has 1 saturated carbocycles. The SMILES string of the molecule is CC(C)(C)S(=O)(=O)CC1CCN(C(=O)Cc2cccc(CC(=O)C3CCCCC3)c2)CC1. The lowest BCUT2D eigenvalue weighted by Gasteiger charge is -2.33. The van der Waals surface area contributed by atoms with Crippen LogP contribution < -0.4 is 0 Å². The van der Waals surface area contributed by atoms with Gasteiger partial charge in [0.1, 0.15) is 5.78 Å². The molecule has 32 heavy (non-hydrogen) atoms. The molecule has 1 aliphatic carbocycles. The van der Waals surface area contributed by atoms with Crippen molar-refractivity contribution in [2.75, 3.05) is 18.8 Å². The Bertz CT molecular complexity index is 902. The van der Waals surface area contributed by atoms with E-state index in [2.05, 4.69) is 0 Å². The molecule has 0 unspecified atom stereocenters. The highest BCUT2D eigenvalue weighted by atomic mass is 32.2. The van der Waals surface area contributed by atoms with E-state index in [9.17, 15) is 18.0 Å². The fourth-order valence-corrected chi connectivity index (χ4v) is 6.27. The molecule has 1 aliphatic heterocycles. The van der Waals surface area contributed by atoms with Crippen LogP contribution in [0.2, 0.25) is 0 Å². The van der Waals surface area contributed by atoms with Gasteiger partial charge in [-0.3, -0.25) is 9.59 Å². The molecule has 0 N–H and O–H groups in total. The molecule has 1 amide bonds. The minimum absolute atomic E-state index is 0.0814. The van der Waals surface area contributed by atoms with Crippen LogP contribution in [0.1, 0.15) is 76.8 Å². The highest BCUT2D eigenvalue weighted by Gasteiger charge is 2.33. The molecule has 1 aromatic carbocycles. The first-order chi connectivity index (χ1) is 15.0. The quantitative estimate of drug-likeness (QED) is 0.604. The van der Waals surface area contributed by atoms with Crippen molar-refractivity contribution in [2.45, 2.75) is 83.3 Å². The molecule has 5 nitrogen and oxygen atoms in total. The maximum absolute atomic E-state index is 12.8. The Morgan fingerprint density at radius 2 is 1.53 bits per heavy atom. The number of amides is 1. The number of carbonyl (C=O) groups excluding carboxylic acids is 2. The topological polar surface area (TPSA) is 71.5 Å². The van der Waals surface area contributed by atoms with Crippen molar-refractivity contribution >= 4 is 21.5 Å². The summed E-state index contributed by atoms with van der Waals surface area (Å²) in [7, 11) is -3.14. The van der Waals surface area contributed by atoms with Crippen LogP contribution in [0.25, 0.3) is 0 Å².